The number of amides is 3. The largest absolute Gasteiger partial charge is 0.344 e. The van der Waals surface area contributed by atoms with Crippen molar-refractivity contribution in [3.8, 4) is 0 Å². The summed E-state index contributed by atoms with van der Waals surface area (Å²) in [4.78, 5) is 57.2. The molecule has 1 aliphatic carbocycles. The summed E-state index contributed by atoms with van der Waals surface area (Å²) in [6, 6.07) is 2.96. The average Bonchev–Trinajstić information content (AvgIpc) is 3.52. The first-order valence-electron chi connectivity index (χ1n) is 16.6. The van der Waals surface area contributed by atoms with Crippen molar-refractivity contribution in [3.05, 3.63) is 46.5 Å². The van der Waals surface area contributed by atoms with Gasteiger partial charge in [0.2, 0.25) is 11.8 Å². The van der Waals surface area contributed by atoms with Crippen LogP contribution in [0.15, 0.2) is 22.8 Å². The van der Waals surface area contributed by atoms with Crippen LogP contribution in [0.1, 0.15) is 93.5 Å². The highest BCUT2D eigenvalue weighted by atomic mass is 19.1. The van der Waals surface area contributed by atoms with Crippen LogP contribution in [0.3, 0.4) is 0 Å². The van der Waals surface area contributed by atoms with Crippen molar-refractivity contribution in [1.29, 1.82) is 0 Å². The van der Waals surface area contributed by atoms with Crippen molar-refractivity contribution in [2.24, 2.45) is 17.8 Å². The molecular formula is C34H49FN6O5. The van der Waals surface area contributed by atoms with Gasteiger partial charge in [-0.05, 0) is 60.5 Å². The lowest BCUT2D eigenvalue weighted by Crippen LogP contribution is -2.56. The van der Waals surface area contributed by atoms with Crippen LogP contribution in [-0.4, -0.2) is 88.9 Å². The molecule has 2 N–H and O–H groups in total. The summed E-state index contributed by atoms with van der Waals surface area (Å²) in [5.74, 6) is -2.21. The normalized spacial score (nSPS) is 21.0. The number of piperazine rings is 1. The Labute approximate surface area is 271 Å². The number of benzene rings is 1. The molecule has 252 valence electrons. The zero-order chi connectivity index (χ0) is 33.5. The van der Waals surface area contributed by atoms with E-state index in [1.807, 2.05) is 14.0 Å². The number of aryl methyl sites for hydroxylation is 1. The molecule has 4 rings (SSSR count). The lowest BCUT2D eigenvalue weighted by atomic mass is 9.77. The van der Waals surface area contributed by atoms with Gasteiger partial charge in [-0.2, -0.15) is 0 Å². The van der Waals surface area contributed by atoms with Gasteiger partial charge in [0.25, 0.3) is 5.91 Å². The van der Waals surface area contributed by atoms with Crippen molar-refractivity contribution in [1.82, 2.24) is 30.7 Å². The van der Waals surface area contributed by atoms with E-state index in [1.54, 1.807) is 37.8 Å². The molecule has 1 aliphatic heterocycles. The maximum absolute atomic E-state index is 15.7. The van der Waals surface area contributed by atoms with E-state index in [0.29, 0.717) is 36.7 Å². The minimum atomic E-state index is -0.863. The van der Waals surface area contributed by atoms with E-state index in [4.69, 9.17) is 4.63 Å². The van der Waals surface area contributed by atoms with Gasteiger partial charge in [-0.25, -0.2) is 9.02 Å². The van der Waals surface area contributed by atoms with Crippen molar-refractivity contribution in [3.63, 3.8) is 0 Å². The molecule has 1 saturated heterocycles. The standard InChI is InChI=1S/C34H49FN6O5/c1-7-27-31(39-46-38-27)33(44)37-30(23-10-8-21(4)9-11-23)28(42)19-25-13-12-24(18-26(25)35)22(5)29(36-32(43)20(2)3)34(45)41-16-14-40(6)15-17-41/h12-13,18,20-23,29-30H,7-11,14-17,19H2,1-6H3,(H,36,43)(H,37,44)/t21?,22-,23?,29+,30-/m0/s1. The summed E-state index contributed by atoms with van der Waals surface area (Å²) in [6.07, 6.45) is 3.68. The Morgan fingerprint density at radius 2 is 1.67 bits per heavy atom. The predicted octanol–water partition coefficient (Wildman–Crippen LogP) is 3.53. The maximum Gasteiger partial charge on any atom is 0.276 e. The van der Waals surface area contributed by atoms with Crippen LogP contribution in [0.25, 0.3) is 0 Å². The number of Topliss-reactive ketones (excluding diaryl/α,β-unsaturated/α-hetero) is 1. The van der Waals surface area contributed by atoms with Crippen LogP contribution in [-0.2, 0) is 27.2 Å². The molecule has 0 bridgehead atoms. The van der Waals surface area contributed by atoms with Crippen LogP contribution >= 0.6 is 0 Å². The Hall–Kier alpha value is -3.67. The first kappa shape index (κ1) is 35.2. The van der Waals surface area contributed by atoms with E-state index < -0.39 is 29.7 Å². The molecule has 3 amide bonds. The number of carbonyl (C=O) groups is 4. The van der Waals surface area contributed by atoms with E-state index in [0.717, 1.165) is 38.8 Å². The number of carbonyl (C=O) groups excluding carboxylic acids is 4. The van der Waals surface area contributed by atoms with Crippen LogP contribution in [0.4, 0.5) is 4.39 Å². The maximum atomic E-state index is 15.7. The van der Waals surface area contributed by atoms with Gasteiger partial charge in [-0.15, -0.1) is 0 Å². The van der Waals surface area contributed by atoms with Crippen LogP contribution in [0.2, 0.25) is 0 Å². The molecule has 0 radical (unpaired) electrons. The highest BCUT2D eigenvalue weighted by Crippen LogP contribution is 2.32. The fraction of sp³-hybridized carbons (Fsp3) is 0.647. The molecular weight excluding hydrogens is 591 g/mol. The lowest BCUT2D eigenvalue weighted by Gasteiger charge is -2.36. The molecule has 2 aliphatic rings. The van der Waals surface area contributed by atoms with Gasteiger partial charge in [-0.3, -0.25) is 19.2 Å². The molecule has 2 aromatic rings. The minimum absolute atomic E-state index is 0.0548. The van der Waals surface area contributed by atoms with Crippen LogP contribution < -0.4 is 10.6 Å². The van der Waals surface area contributed by atoms with E-state index in [1.165, 1.54) is 6.07 Å². The average molecular weight is 641 g/mol. The van der Waals surface area contributed by atoms with Gasteiger partial charge in [0.15, 0.2) is 11.5 Å². The Morgan fingerprint density at radius 1 is 1.00 bits per heavy atom. The fourth-order valence-corrected chi connectivity index (χ4v) is 6.33. The highest BCUT2D eigenvalue weighted by Gasteiger charge is 2.36. The third-order valence-electron chi connectivity index (χ3n) is 9.64. The SMILES string of the molecule is CCc1nonc1C(=O)N[C@H](C(=O)Cc1ccc([C@H](C)[C@@H](NC(=O)C(C)C)C(=O)N2CCN(C)CC2)cc1F)C1CCC(C)CC1. The fourth-order valence-electron chi connectivity index (χ4n) is 6.33. The number of rotatable bonds is 12. The van der Waals surface area contributed by atoms with Gasteiger partial charge >= 0.3 is 0 Å². The summed E-state index contributed by atoms with van der Waals surface area (Å²) in [5, 5.41) is 13.3. The second kappa shape index (κ2) is 15.8. The quantitative estimate of drug-likeness (QED) is 0.360. The van der Waals surface area contributed by atoms with E-state index >= 15 is 4.39 Å². The van der Waals surface area contributed by atoms with Gasteiger partial charge < -0.3 is 20.4 Å². The summed E-state index contributed by atoms with van der Waals surface area (Å²) in [5.41, 5.74) is 1.21. The second-order valence-corrected chi connectivity index (χ2v) is 13.4. The van der Waals surface area contributed by atoms with E-state index in [2.05, 4.69) is 32.8 Å². The molecule has 3 atom stereocenters. The molecule has 12 heteroatoms. The first-order chi connectivity index (χ1) is 21.9. The molecule has 46 heavy (non-hydrogen) atoms. The summed E-state index contributed by atoms with van der Waals surface area (Å²) in [7, 11) is 2.00. The molecule has 0 unspecified atom stereocenters. The van der Waals surface area contributed by atoms with Crippen molar-refractivity contribution in [2.75, 3.05) is 33.2 Å². The zero-order valence-electron chi connectivity index (χ0n) is 28.0. The number of hydrogen-bond donors (Lipinski definition) is 2. The summed E-state index contributed by atoms with van der Waals surface area (Å²) < 4.78 is 20.5. The van der Waals surface area contributed by atoms with Crippen molar-refractivity contribution >= 4 is 23.5 Å². The Balaban J connectivity index is 1.53. The molecule has 0 spiro atoms. The lowest BCUT2D eigenvalue weighted by molar-refractivity contribution is -0.139. The minimum Gasteiger partial charge on any atom is -0.344 e. The van der Waals surface area contributed by atoms with Crippen LogP contribution in [0.5, 0.6) is 0 Å². The van der Waals surface area contributed by atoms with E-state index in [9.17, 15) is 19.2 Å². The number of hydrogen-bond acceptors (Lipinski definition) is 8. The summed E-state index contributed by atoms with van der Waals surface area (Å²) >= 11 is 0. The third-order valence-corrected chi connectivity index (χ3v) is 9.64. The zero-order valence-corrected chi connectivity index (χ0v) is 28.0. The van der Waals surface area contributed by atoms with Crippen LogP contribution in [0, 0.1) is 23.6 Å². The molecule has 1 saturated carbocycles. The number of aromatic nitrogens is 2. The number of nitrogens with zero attached hydrogens (tertiary/aromatic N) is 4. The third kappa shape index (κ3) is 8.57. The number of nitrogens with one attached hydrogen (secondary N) is 2. The smallest absolute Gasteiger partial charge is 0.276 e. The Kier molecular flexibility index (Phi) is 12.0. The highest BCUT2D eigenvalue weighted by molar-refractivity contribution is 5.97. The van der Waals surface area contributed by atoms with Gasteiger partial charge in [0, 0.05) is 44.4 Å². The van der Waals surface area contributed by atoms with Crippen molar-refractivity contribution < 1.29 is 28.2 Å². The summed E-state index contributed by atoms with van der Waals surface area (Å²) in [6.45, 7) is 11.9. The Morgan fingerprint density at radius 3 is 2.28 bits per heavy atom. The predicted molar refractivity (Wildman–Crippen MR) is 170 cm³/mol. The Bertz CT molecular complexity index is 1380. The van der Waals surface area contributed by atoms with Gasteiger partial charge in [-0.1, -0.05) is 64.7 Å². The molecule has 2 fully saturated rings. The first-order valence-corrected chi connectivity index (χ1v) is 16.6. The molecule has 2 heterocycles. The number of halogens is 1. The van der Waals surface area contributed by atoms with E-state index in [-0.39, 0.29) is 47.1 Å². The van der Waals surface area contributed by atoms with Gasteiger partial charge in [0.05, 0.1) is 6.04 Å². The van der Waals surface area contributed by atoms with Crippen molar-refractivity contribution in [2.45, 2.75) is 91.1 Å². The second-order valence-electron chi connectivity index (χ2n) is 13.4. The number of ketones is 1. The molecule has 1 aromatic carbocycles. The molecule has 11 nitrogen and oxygen atoms in total. The molecule has 1 aromatic heterocycles. The topological polar surface area (TPSA) is 138 Å². The monoisotopic (exact) mass is 640 g/mol. The van der Waals surface area contributed by atoms with Gasteiger partial charge in [0.1, 0.15) is 17.6 Å². The number of likely N-dealkylation sites (N-methyl/N-ethyl adjacent to an activating group) is 1.